The Balaban J connectivity index is 2.56. The highest BCUT2D eigenvalue weighted by atomic mass is 32.2. The van der Waals surface area contributed by atoms with E-state index in [9.17, 15) is 4.79 Å². The van der Waals surface area contributed by atoms with Gasteiger partial charge in [-0.25, -0.2) is 0 Å². The predicted molar refractivity (Wildman–Crippen MR) is 74.3 cm³/mol. The molecule has 0 spiro atoms. The average molecular weight is 256 g/mol. The molecule has 1 saturated carbocycles. The zero-order valence-electron chi connectivity index (χ0n) is 11.6. The van der Waals surface area contributed by atoms with Gasteiger partial charge < -0.3 is 4.74 Å². The van der Waals surface area contributed by atoms with Crippen molar-refractivity contribution in [2.45, 2.75) is 63.4 Å². The standard InChI is InChI=1S/C14H24O2S/c1-10(2)12-6-8-14(4,9-7-12)17-11(3)13(15)16-5/h11H,6-9H2,1-5H3. The Bertz CT molecular complexity index is 306. The van der Waals surface area contributed by atoms with E-state index in [1.54, 1.807) is 17.3 Å². The van der Waals surface area contributed by atoms with Crippen molar-refractivity contribution in [3.8, 4) is 0 Å². The molecular formula is C14H24O2S. The summed E-state index contributed by atoms with van der Waals surface area (Å²) in [6, 6.07) is 0. The highest BCUT2D eigenvalue weighted by Gasteiger charge is 2.33. The quantitative estimate of drug-likeness (QED) is 0.565. The summed E-state index contributed by atoms with van der Waals surface area (Å²) in [4.78, 5) is 11.4. The monoisotopic (exact) mass is 256 g/mol. The molecule has 0 aromatic carbocycles. The lowest BCUT2D eigenvalue weighted by Gasteiger charge is -2.36. The van der Waals surface area contributed by atoms with Gasteiger partial charge in [0.1, 0.15) is 5.25 Å². The van der Waals surface area contributed by atoms with Crippen LogP contribution in [0.5, 0.6) is 0 Å². The molecule has 0 aliphatic heterocycles. The van der Waals surface area contributed by atoms with Crippen molar-refractivity contribution in [1.29, 1.82) is 0 Å². The minimum Gasteiger partial charge on any atom is -0.468 e. The highest BCUT2D eigenvalue weighted by Crippen LogP contribution is 2.44. The zero-order chi connectivity index (χ0) is 13.1. The van der Waals surface area contributed by atoms with Gasteiger partial charge in [-0.05, 0) is 46.5 Å². The van der Waals surface area contributed by atoms with Crippen molar-refractivity contribution < 1.29 is 9.53 Å². The Hall–Kier alpha value is -0.440. The van der Waals surface area contributed by atoms with Gasteiger partial charge in [-0.3, -0.25) is 4.79 Å². The van der Waals surface area contributed by atoms with E-state index in [4.69, 9.17) is 4.74 Å². The van der Waals surface area contributed by atoms with E-state index < -0.39 is 0 Å². The summed E-state index contributed by atoms with van der Waals surface area (Å²) in [5, 5.41) is -0.0572. The summed E-state index contributed by atoms with van der Waals surface area (Å²) in [5.74, 6) is -0.107. The second kappa shape index (κ2) is 5.94. The number of thioether (sulfide) groups is 1. The maximum Gasteiger partial charge on any atom is 0.318 e. The molecule has 0 heterocycles. The van der Waals surface area contributed by atoms with Gasteiger partial charge in [-0.1, -0.05) is 18.1 Å². The van der Waals surface area contributed by atoms with Crippen LogP contribution in [0.25, 0.3) is 0 Å². The van der Waals surface area contributed by atoms with Gasteiger partial charge >= 0.3 is 5.97 Å². The molecule has 0 N–H and O–H groups in total. The molecule has 17 heavy (non-hydrogen) atoms. The third-order valence-corrected chi connectivity index (χ3v) is 5.14. The van der Waals surface area contributed by atoms with Crippen LogP contribution in [-0.4, -0.2) is 23.1 Å². The number of carbonyl (C=O) groups excluding carboxylic acids is 1. The minimum absolute atomic E-state index is 0.0572. The Morgan fingerprint density at radius 1 is 1.35 bits per heavy atom. The normalized spacial score (nSPS) is 26.5. The fourth-order valence-electron chi connectivity index (χ4n) is 2.34. The third kappa shape index (κ3) is 4.06. The van der Waals surface area contributed by atoms with E-state index in [0.717, 1.165) is 0 Å². The predicted octanol–water partition coefficient (Wildman–Crippen LogP) is 3.95. The molecule has 0 aromatic rings. The van der Waals surface area contributed by atoms with E-state index in [1.165, 1.54) is 38.4 Å². The smallest absolute Gasteiger partial charge is 0.318 e. The van der Waals surface area contributed by atoms with E-state index >= 15 is 0 Å². The topological polar surface area (TPSA) is 26.3 Å². The molecule has 2 nitrogen and oxygen atoms in total. The first-order valence-electron chi connectivity index (χ1n) is 6.29. The van der Waals surface area contributed by atoms with Crippen LogP contribution >= 0.6 is 11.8 Å². The SMILES string of the molecule is COC(=O)C(C)SC1(C)CCC(=C(C)C)CC1. The second-order valence-corrected chi connectivity index (χ2v) is 7.27. The molecule has 0 amide bonds. The van der Waals surface area contributed by atoms with Gasteiger partial charge in [0.05, 0.1) is 7.11 Å². The van der Waals surface area contributed by atoms with Crippen LogP contribution in [0.1, 0.15) is 53.4 Å². The van der Waals surface area contributed by atoms with Crippen LogP contribution < -0.4 is 0 Å². The number of esters is 1. The molecule has 1 fully saturated rings. The van der Waals surface area contributed by atoms with Gasteiger partial charge in [0.15, 0.2) is 0 Å². The Kier molecular flexibility index (Phi) is 5.11. The minimum atomic E-state index is -0.107. The lowest BCUT2D eigenvalue weighted by atomic mass is 9.84. The van der Waals surface area contributed by atoms with Crippen LogP contribution in [0.4, 0.5) is 0 Å². The maximum atomic E-state index is 11.4. The fourth-order valence-corrected chi connectivity index (χ4v) is 3.83. The van der Waals surface area contributed by atoms with E-state index in [1.807, 2.05) is 6.92 Å². The lowest BCUT2D eigenvalue weighted by molar-refractivity contribution is -0.139. The van der Waals surface area contributed by atoms with Gasteiger partial charge in [0.2, 0.25) is 0 Å². The Morgan fingerprint density at radius 3 is 2.29 bits per heavy atom. The van der Waals surface area contributed by atoms with Crippen molar-refractivity contribution in [2.75, 3.05) is 7.11 Å². The molecule has 1 rings (SSSR count). The number of hydrogen-bond donors (Lipinski definition) is 0. The first kappa shape index (κ1) is 14.6. The van der Waals surface area contributed by atoms with Crippen molar-refractivity contribution >= 4 is 17.7 Å². The largest absolute Gasteiger partial charge is 0.468 e. The van der Waals surface area contributed by atoms with Crippen molar-refractivity contribution in [3.05, 3.63) is 11.1 Å². The molecule has 1 atom stereocenters. The molecule has 1 aliphatic carbocycles. The summed E-state index contributed by atoms with van der Waals surface area (Å²) in [6.07, 6.45) is 4.69. The molecule has 1 aliphatic rings. The third-order valence-electron chi connectivity index (χ3n) is 3.61. The van der Waals surface area contributed by atoms with Gasteiger partial charge in [0, 0.05) is 4.75 Å². The zero-order valence-corrected chi connectivity index (χ0v) is 12.4. The average Bonchev–Trinajstić information content (AvgIpc) is 2.27. The van der Waals surface area contributed by atoms with E-state index in [-0.39, 0.29) is 16.0 Å². The van der Waals surface area contributed by atoms with E-state index in [2.05, 4.69) is 20.8 Å². The van der Waals surface area contributed by atoms with E-state index in [0.29, 0.717) is 0 Å². The number of methoxy groups -OCH3 is 1. The number of ether oxygens (including phenoxy) is 1. The van der Waals surface area contributed by atoms with Gasteiger partial charge in [0.25, 0.3) is 0 Å². The van der Waals surface area contributed by atoms with Crippen LogP contribution in [0.2, 0.25) is 0 Å². The van der Waals surface area contributed by atoms with Crippen molar-refractivity contribution in [3.63, 3.8) is 0 Å². The number of allylic oxidation sites excluding steroid dienone is 2. The summed E-state index contributed by atoms with van der Waals surface area (Å²) >= 11 is 1.77. The summed E-state index contributed by atoms with van der Waals surface area (Å²) in [6.45, 7) is 8.61. The summed E-state index contributed by atoms with van der Waals surface area (Å²) in [5.41, 5.74) is 3.08. The first-order chi connectivity index (χ1) is 7.88. The molecule has 1 unspecified atom stereocenters. The molecule has 3 heteroatoms. The Labute approximate surface area is 109 Å². The lowest BCUT2D eigenvalue weighted by Crippen LogP contribution is -2.30. The van der Waals surface area contributed by atoms with Crippen LogP contribution in [-0.2, 0) is 9.53 Å². The summed E-state index contributed by atoms with van der Waals surface area (Å²) < 4.78 is 5.02. The summed E-state index contributed by atoms with van der Waals surface area (Å²) in [7, 11) is 1.46. The van der Waals surface area contributed by atoms with Crippen molar-refractivity contribution in [2.24, 2.45) is 0 Å². The molecular weight excluding hydrogens is 232 g/mol. The maximum absolute atomic E-state index is 11.4. The highest BCUT2D eigenvalue weighted by molar-refractivity contribution is 8.01. The van der Waals surface area contributed by atoms with Crippen LogP contribution in [0, 0.1) is 0 Å². The molecule has 0 aromatic heterocycles. The number of carbonyl (C=O) groups is 1. The molecule has 0 saturated heterocycles. The van der Waals surface area contributed by atoms with Gasteiger partial charge in [-0.2, -0.15) is 0 Å². The number of rotatable bonds is 3. The number of hydrogen-bond acceptors (Lipinski definition) is 3. The fraction of sp³-hybridized carbons (Fsp3) is 0.786. The van der Waals surface area contributed by atoms with Crippen LogP contribution in [0.15, 0.2) is 11.1 Å². The first-order valence-corrected chi connectivity index (χ1v) is 7.17. The van der Waals surface area contributed by atoms with Gasteiger partial charge in [-0.15, -0.1) is 11.8 Å². The molecule has 0 bridgehead atoms. The van der Waals surface area contributed by atoms with Crippen molar-refractivity contribution in [1.82, 2.24) is 0 Å². The second-order valence-electron chi connectivity index (χ2n) is 5.34. The molecule has 98 valence electrons. The molecule has 0 radical (unpaired) electrons. The Morgan fingerprint density at radius 2 is 1.88 bits per heavy atom. The van der Waals surface area contributed by atoms with Crippen LogP contribution in [0.3, 0.4) is 0 Å².